The molecule has 22 heavy (non-hydrogen) atoms. The fourth-order valence-corrected chi connectivity index (χ4v) is 2.94. The molecule has 1 aromatic carbocycles. The number of aromatic amines is 2. The summed E-state index contributed by atoms with van der Waals surface area (Å²) >= 11 is 3.12. The second kappa shape index (κ2) is 5.68. The fraction of sp³-hybridized carbons (Fsp3) is 0.125. The second-order valence-corrected chi connectivity index (χ2v) is 5.83. The van der Waals surface area contributed by atoms with Gasteiger partial charge in [-0.25, -0.2) is 0 Å². The average Bonchev–Trinajstić information content (AvgIpc) is 3.13. The van der Waals surface area contributed by atoms with Crippen molar-refractivity contribution in [3.8, 4) is 0 Å². The van der Waals surface area contributed by atoms with Gasteiger partial charge in [-0.2, -0.15) is 13.2 Å². The molecule has 0 radical (unpaired) electrons. The first kappa shape index (κ1) is 15.0. The van der Waals surface area contributed by atoms with Gasteiger partial charge >= 0.3 is 6.18 Å². The topological polar surface area (TPSA) is 31.6 Å². The lowest BCUT2D eigenvalue weighted by atomic mass is 9.89. The molecule has 0 bridgehead atoms. The first-order valence-electron chi connectivity index (χ1n) is 6.60. The molecule has 3 aromatic rings. The molecular weight excluding hydrogens is 357 g/mol. The van der Waals surface area contributed by atoms with E-state index < -0.39 is 17.7 Å². The lowest BCUT2D eigenvalue weighted by Crippen LogP contribution is -2.14. The Morgan fingerprint density at radius 3 is 1.95 bits per heavy atom. The van der Waals surface area contributed by atoms with Crippen LogP contribution in [0.3, 0.4) is 0 Å². The molecule has 0 spiro atoms. The number of rotatable bonds is 3. The Hall–Kier alpha value is -1.95. The molecule has 0 fully saturated rings. The van der Waals surface area contributed by atoms with Gasteiger partial charge in [0.15, 0.2) is 0 Å². The van der Waals surface area contributed by atoms with E-state index >= 15 is 0 Å². The third-order valence-corrected chi connectivity index (χ3v) is 3.99. The van der Waals surface area contributed by atoms with E-state index in [1.807, 2.05) is 0 Å². The van der Waals surface area contributed by atoms with Gasteiger partial charge in [0, 0.05) is 28.3 Å². The Morgan fingerprint density at radius 1 is 0.909 bits per heavy atom. The minimum absolute atomic E-state index is 0.209. The Balaban J connectivity index is 2.22. The molecule has 3 rings (SSSR count). The first-order chi connectivity index (χ1) is 10.5. The Morgan fingerprint density at radius 2 is 1.50 bits per heavy atom. The number of nitrogens with one attached hydrogen (secondary N) is 2. The summed E-state index contributed by atoms with van der Waals surface area (Å²) in [6.07, 6.45) is -1.01. The predicted octanol–water partition coefficient (Wildman–Crippen LogP) is 5.30. The molecule has 114 valence electrons. The molecule has 0 aliphatic rings. The van der Waals surface area contributed by atoms with Crippen LogP contribution in [0.4, 0.5) is 13.2 Å². The molecule has 0 atom stereocenters. The van der Waals surface area contributed by atoms with Gasteiger partial charge in [-0.15, -0.1) is 0 Å². The van der Waals surface area contributed by atoms with Crippen molar-refractivity contribution in [2.75, 3.05) is 0 Å². The van der Waals surface area contributed by atoms with Crippen LogP contribution in [0.5, 0.6) is 0 Å². The highest BCUT2D eigenvalue weighted by atomic mass is 79.9. The molecule has 0 saturated carbocycles. The maximum Gasteiger partial charge on any atom is 0.416 e. The Kier molecular flexibility index (Phi) is 3.87. The van der Waals surface area contributed by atoms with E-state index in [4.69, 9.17) is 0 Å². The van der Waals surface area contributed by atoms with E-state index in [0.29, 0.717) is 15.9 Å². The number of aromatic nitrogens is 2. The SMILES string of the molecule is FC(F)(F)c1cc(Br)ccc1C(c1ccc[nH]1)c1ccc[nH]1. The zero-order valence-electron chi connectivity index (χ0n) is 11.3. The zero-order chi connectivity index (χ0) is 15.7. The first-order valence-corrected chi connectivity index (χ1v) is 7.39. The smallest absolute Gasteiger partial charge is 0.364 e. The van der Waals surface area contributed by atoms with Crippen LogP contribution in [0.2, 0.25) is 0 Å². The monoisotopic (exact) mass is 368 g/mol. The number of alkyl halides is 3. The fourth-order valence-electron chi connectivity index (χ4n) is 2.58. The molecule has 0 amide bonds. The van der Waals surface area contributed by atoms with E-state index in [-0.39, 0.29) is 5.56 Å². The van der Waals surface area contributed by atoms with Gasteiger partial charge in [-0.05, 0) is 42.0 Å². The summed E-state index contributed by atoms with van der Waals surface area (Å²) in [6, 6.07) is 11.4. The van der Waals surface area contributed by atoms with Gasteiger partial charge in [0.05, 0.1) is 11.5 Å². The van der Waals surface area contributed by atoms with Crippen molar-refractivity contribution in [1.29, 1.82) is 0 Å². The molecule has 2 nitrogen and oxygen atoms in total. The van der Waals surface area contributed by atoms with E-state index in [9.17, 15) is 13.2 Å². The van der Waals surface area contributed by atoms with Crippen LogP contribution in [0, 0.1) is 0 Å². The van der Waals surface area contributed by atoms with Crippen LogP contribution < -0.4 is 0 Å². The predicted molar refractivity (Wildman–Crippen MR) is 81.7 cm³/mol. The van der Waals surface area contributed by atoms with Crippen molar-refractivity contribution in [3.05, 3.63) is 81.8 Å². The number of benzene rings is 1. The van der Waals surface area contributed by atoms with Crippen LogP contribution in [-0.2, 0) is 6.18 Å². The number of hydrogen-bond donors (Lipinski definition) is 2. The Labute approximate surface area is 133 Å². The van der Waals surface area contributed by atoms with Crippen molar-refractivity contribution in [3.63, 3.8) is 0 Å². The summed E-state index contributed by atoms with van der Waals surface area (Å²) in [5.74, 6) is -0.533. The van der Waals surface area contributed by atoms with Gasteiger partial charge in [0.1, 0.15) is 0 Å². The van der Waals surface area contributed by atoms with Crippen molar-refractivity contribution in [2.45, 2.75) is 12.1 Å². The molecule has 0 unspecified atom stereocenters. The lowest BCUT2D eigenvalue weighted by molar-refractivity contribution is -0.138. The van der Waals surface area contributed by atoms with Crippen LogP contribution in [0.15, 0.2) is 59.3 Å². The second-order valence-electron chi connectivity index (χ2n) is 4.91. The minimum atomic E-state index is -4.42. The minimum Gasteiger partial charge on any atom is -0.364 e. The third-order valence-electron chi connectivity index (χ3n) is 3.50. The van der Waals surface area contributed by atoms with Crippen LogP contribution in [0.1, 0.15) is 28.4 Å². The number of hydrogen-bond acceptors (Lipinski definition) is 0. The van der Waals surface area contributed by atoms with Gasteiger partial charge < -0.3 is 9.97 Å². The van der Waals surface area contributed by atoms with Crippen molar-refractivity contribution >= 4 is 15.9 Å². The molecule has 0 aliphatic carbocycles. The van der Waals surface area contributed by atoms with Gasteiger partial charge in [-0.1, -0.05) is 22.0 Å². The van der Waals surface area contributed by atoms with Crippen molar-refractivity contribution in [2.24, 2.45) is 0 Å². The maximum absolute atomic E-state index is 13.4. The van der Waals surface area contributed by atoms with E-state index in [1.54, 1.807) is 42.7 Å². The molecule has 2 N–H and O–H groups in total. The summed E-state index contributed by atoms with van der Waals surface area (Å²) in [5.41, 5.74) is 0.974. The van der Waals surface area contributed by atoms with Crippen molar-refractivity contribution < 1.29 is 13.2 Å². The lowest BCUT2D eigenvalue weighted by Gasteiger charge is -2.21. The molecule has 6 heteroatoms. The van der Waals surface area contributed by atoms with Crippen LogP contribution in [-0.4, -0.2) is 9.97 Å². The highest BCUT2D eigenvalue weighted by molar-refractivity contribution is 9.10. The number of H-pyrrole nitrogens is 2. The summed E-state index contributed by atoms with van der Waals surface area (Å²) < 4.78 is 40.7. The summed E-state index contributed by atoms with van der Waals surface area (Å²) in [7, 11) is 0. The van der Waals surface area contributed by atoms with E-state index in [0.717, 1.165) is 6.07 Å². The molecule has 0 aliphatic heterocycles. The van der Waals surface area contributed by atoms with Crippen LogP contribution >= 0.6 is 15.9 Å². The molecular formula is C16H12BrF3N2. The standard InChI is InChI=1S/C16H12BrF3N2/c17-10-5-6-11(12(9-10)16(18,19)20)15(13-3-1-7-21-13)14-4-2-8-22-14/h1-9,15,21-22H. The third kappa shape index (κ3) is 2.83. The van der Waals surface area contributed by atoms with Crippen molar-refractivity contribution in [1.82, 2.24) is 9.97 Å². The van der Waals surface area contributed by atoms with E-state index in [2.05, 4.69) is 25.9 Å². The average molecular weight is 369 g/mol. The highest BCUT2D eigenvalue weighted by Crippen LogP contribution is 2.40. The van der Waals surface area contributed by atoms with Gasteiger partial charge in [-0.3, -0.25) is 0 Å². The molecule has 2 aromatic heterocycles. The quantitative estimate of drug-likeness (QED) is 0.628. The van der Waals surface area contributed by atoms with E-state index in [1.165, 1.54) is 6.07 Å². The Bertz CT molecular complexity index is 712. The highest BCUT2D eigenvalue weighted by Gasteiger charge is 2.36. The number of halogens is 4. The normalized spacial score (nSPS) is 12.0. The summed E-state index contributed by atoms with van der Waals surface area (Å²) in [5, 5.41) is 0. The summed E-state index contributed by atoms with van der Waals surface area (Å²) in [4.78, 5) is 6.04. The van der Waals surface area contributed by atoms with Crippen LogP contribution in [0.25, 0.3) is 0 Å². The molecule has 2 heterocycles. The molecule has 0 saturated heterocycles. The van der Waals surface area contributed by atoms with Gasteiger partial charge in [0.2, 0.25) is 0 Å². The maximum atomic E-state index is 13.4. The zero-order valence-corrected chi connectivity index (χ0v) is 12.9. The largest absolute Gasteiger partial charge is 0.416 e. The van der Waals surface area contributed by atoms with Gasteiger partial charge in [0.25, 0.3) is 0 Å². The summed E-state index contributed by atoms with van der Waals surface area (Å²) in [6.45, 7) is 0.